The van der Waals surface area contributed by atoms with Crippen LogP contribution in [0.2, 0.25) is 0 Å². The number of amides is 1. The van der Waals surface area contributed by atoms with Gasteiger partial charge in [0.05, 0.1) is 39.5 Å². The molecule has 10 rings (SSSR count). The van der Waals surface area contributed by atoms with Gasteiger partial charge in [0.1, 0.15) is 39.1 Å². The van der Waals surface area contributed by atoms with E-state index in [1.54, 1.807) is 19.1 Å². The van der Waals surface area contributed by atoms with Crippen LogP contribution in [0, 0.1) is 27.3 Å². The predicted octanol–water partition coefficient (Wildman–Crippen LogP) is 9.46. The fourth-order valence-electron chi connectivity index (χ4n) is 11.4. The summed E-state index contributed by atoms with van der Waals surface area (Å²) >= 11 is 0. The van der Waals surface area contributed by atoms with E-state index in [0.29, 0.717) is 55.9 Å². The number of nitrogens with one attached hydrogen (secondary N) is 4. The number of carbonyl (C=O) groups excluding carboxylic acids is 1. The number of aromatic amines is 2. The summed E-state index contributed by atoms with van der Waals surface area (Å²) in [7, 11) is -4.80. The normalized spacial score (nSPS) is 22.2. The molecule has 358 valence electrons. The number of pyridine rings is 1. The Labute approximate surface area is 394 Å². The van der Waals surface area contributed by atoms with Gasteiger partial charge in [-0.1, -0.05) is 38.1 Å². The first-order chi connectivity index (χ1) is 32.6. The molecule has 2 saturated carbocycles. The Balaban J connectivity index is 0.879. The first kappa shape index (κ1) is 45.7. The Kier molecular flexibility index (Phi) is 11.9. The van der Waals surface area contributed by atoms with E-state index in [2.05, 4.69) is 77.9 Å². The second-order valence-electron chi connectivity index (χ2n) is 20.1. The van der Waals surface area contributed by atoms with E-state index in [4.69, 9.17) is 4.74 Å². The standard InChI is InChI=1S/C50H58FN9O7S/c1-30(2)35-7-4-5-8-36(35)40-9-6-18-59(40)33-24-50(25-33)16-19-58(20-17-50)32-10-11-37(42(21-32)67-34-22-38-39(51)28-54-47(38)53-27-34)48(61)57-68(65,66)43-23-41(60(63)64)44(46-45(43)55-29-56-46)52-26-31-12-14-49(3,62)15-13-31/h4-5,7-8,10-11,21-23,27-31,33,40,52,62H,6,9,12-20,24-26H2,1-3H3,(H,53,54)(H,55,56)(H,57,61)/t31-,40-,49-/m0/s1. The summed E-state index contributed by atoms with van der Waals surface area (Å²) in [5.74, 6) is -0.857. The summed E-state index contributed by atoms with van der Waals surface area (Å²) in [6.07, 6.45) is 13.1. The summed E-state index contributed by atoms with van der Waals surface area (Å²) < 4.78 is 51.5. The Bertz CT molecular complexity index is 3000. The molecule has 0 radical (unpaired) electrons. The number of nitro benzene ring substituents is 1. The molecule has 0 bridgehead atoms. The number of rotatable bonds is 13. The Morgan fingerprint density at radius 1 is 1.03 bits per heavy atom. The zero-order valence-electron chi connectivity index (χ0n) is 38.6. The van der Waals surface area contributed by atoms with Gasteiger partial charge in [-0.3, -0.25) is 19.8 Å². The van der Waals surface area contributed by atoms with Crippen molar-refractivity contribution in [1.82, 2.24) is 29.6 Å². The third kappa shape index (κ3) is 8.77. The molecule has 5 N–H and O–H groups in total. The number of fused-ring (bicyclic) bond motifs is 2. The zero-order valence-corrected chi connectivity index (χ0v) is 39.4. The molecule has 2 aliphatic carbocycles. The van der Waals surface area contributed by atoms with Gasteiger partial charge >= 0.3 is 0 Å². The number of imidazole rings is 1. The average Bonchev–Trinajstić information content (AvgIpc) is 4.08. The van der Waals surface area contributed by atoms with E-state index in [9.17, 15) is 32.8 Å². The summed E-state index contributed by atoms with van der Waals surface area (Å²) in [5.41, 5.74) is 2.91. The van der Waals surface area contributed by atoms with Crippen molar-refractivity contribution in [1.29, 1.82) is 0 Å². The minimum atomic E-state index is -4.80. The predicted molar refractivity (Wildman–Crippen MR) is 257 cm³/mol. The number of nitrogens with zero attached hydrogens (tertiary/aromatic N) is 5. The Morgan fingerprint density at radius 2 is 1.79 bits per heavy atom. The second kappa shape index (κ2) is 17.8. The number of aliphatic hydroxyl groups is 1. The van der Waals surface area contributed by atoms with Gasteiger partial charge in [0.2, 0.25) is 0 Å². The van der Waals surface area contributed by atoms with Crippen LogP contribution < -0.4 is 19.7 Å². The van der Waals surface area contributed by atoms with Crippen molar-refractivity contribution in [3.63, 3.8) is 0 Å². The number of hydrogen-bond donors (Lipinski definition) is 5. The van der Waals surface area contributed by atoms with Crippen molar-refractivity contribution in [3.05, 3.63) is 106 Å². The van der Waals surface area contributed by atoms with Crippen LogP contribution in [-0.2, 0) is 10.0 Å². The van der Waals surface area contributed by atoms with Gasteiger partial charge in [-0.2, -0.15) is 0 Å². The summed E-state index contributed by atoms with van der Waals surface area (Å²) in [6.45, 7) is 9.38. The molecule has 2 saturated heterocycles. The number of hydrogen-bond acceptors (Lipinski definition) is 12. The van der Waals surface area contributed by atoms with Crippen LogP contribution in [-0.4, -0.2) is 87.0 Å². The summed E-state index contributed by atoms with van der Waals surface area (Å²) in [6, 6.07) is 17.2. The topological polar surface area (TPSA) is 212 Å². The van der Waals surface area contributed by atoms with Crippen LogP contribution in [0.5, 0.6) is 11.5 Å². The molecule has 1 spiro atoms. The van der Waals surface area contributed by atoms with Crippen LogP contribution in [0.3, 0.4) is 0 Å². The number of aromatic nitrogens is 4. The monoisotopic (exact) mass is 947 g/mol. The van der Waals surface area contributed by atoms with Crippen molar-refractivity contribution < 1.29 is 32.4 Å². The van der Waals surface area contributed by atoms with Crippen molar-refractivity contribution in [2.45, 2.75) is 113 Å². The molecule has 3 aromatic carbocycles. The Morgan fingerprint density at radius 3 is 2.54 bits per heavy atom. The lowest BCUT2D eigenvalue weighted by Crippen LogP contribution is -2.54. The Hall–Kier alpha value is -6.11. The van der Waals surface area contributed by atoms with Crippen molar-refractivity contribution in [3.8, 4) is 11.5 Å². The number of sulfonamides is 1. The third-order valence-corrected chi connectivity index (χ3v) is 16.6. The second-order valence-corrected chi connectivity index (χ2v) is 21.8. The van der Waals surface area contributed by atoms with Gasteiger partial charge in [-0.15, -0.1) is 0 Å². The molecule has 16 nitrogen and oxygen atoms in total. The number of halogens is 1. The van der Waals surface area contributed by atoms with Crippen molar-refractivity contribution >= 4 is 55.1 Å². The van der Waals surface area contributed by atoms with E-state index >= 15 is 0 Å². The van der Waals surface area contributed by atoms with Crippen LogP contribution in [0.1, 0.15) is 118 Å². The van der Waals surface area contributed by atoms with E-state index in [0.717, 1.165) is 57.1 Å². The van der Waals surface area contributed by atoms with Gasteiger partial charge < -0.3 is 30.0 Å². The third-order valence-electron chi connectivity index (χ3n) is 15.3. The molecule has 3 aromatic heterocycles. The quantitative estimate of drug-likeness (QED) is 0.0541. The molecule has 2 aliphatic heterocycles. The van der Waals surface area contributed by atoms with Gasteiger partial charge in [0.25, 0.3) is 21.6 Å². The SMILES string of the molecule is CC(C)c1ccccc1[C@@H]1CCCN1C1CC2(CCN(c3ccc(C(=O)NS(=O)(=O)c4cc([N+](=O)[O-])c(NC[C@H]5CC[C@](C)(O)CC5)c5[nH]cnc45)c(Oc4cnc5[nH]cc(F)c5c4)c3)CC2)C1. The van der Waals surface area contributed by atoms with Crippen LogP contribution in [0.4, 0.5) is 21.5 Å². The minimum absolute atomic E-state index is 0.0118. The molecule has 0 unspecified atom stereocenters. The maximum atomic E-state index is 14.7. The van der Waals surface area contributed by atoms with E-state index in [-0.39, 0.29) is 50.5 Å². The molecule has 6 aromatic rings. The highest BCUT2D eigenvalue weighted by atomic mass is 32.2. The van der Waals surface area contributed by atoms with Crippen LogP contribution in [0.25, 0.3) is 22.1 Å². The smallest absolute Gasteiger partial charge is 0.296 e. The largest absolute Gasteiger partial charge is 0.455 e. The molecule has 68 heavy (non-hydrogen) atoms. The minimum Gasteiger partial charge on any atom is -0.455 e. The van der Waals surface area contributed by atoms with E-state index < -0.39 is 42.9 Å². The van der Waals surface area contributed by atoms with Gasteiger partial charge in [0.15, 0.2) is 0 Å². The number of carbonyl (C=O) groups is 1. The molecule has 1 amide bonds. The number of benzene rings is 3. The number of piperidine rings is 1. The highest BCUT2D eigenvalue weighted by molar-refractivity contribution is 7.90. The molecule has 5 heterocycles. The maximum absolute atomic E-state index is 14.7. The number of anilines is 2. The van der Waals surface area contributed by atoms with Crippen molar-refractivity contribution in [2.75, 3.05) is 36.4 Å². The summed E-state index contributed by atoms with van der Waals surface area (Å²) in [5, 5.41) is 26.2. The van der Waals surface area contributed by atoms with E-state index in [1.807, 2.05) is 0 Å². The maximum Gasteiger partial charge on any atom is 0.296 e. The first-order valence-corrected chi connectivity index (χ1v) is 25.3. The fourth-order valence-corrected chi connectivity index (χ4v) is 12.6. The lowest BCUT2D eigenvalue weighted by Gasteiger charge is -2.56. The van der Waals surface area contributed by atoms with Gasteiger partial charge in [0, 0.05) is 55.7 Å². The van der Waals surface area contributed by atoms with Crippen LogP contribution in [0.15, 0.2) is 78.2 Å². The first-order valence-electron chi connectivity index (χ1n) is 23.8. The van der Waals surface area contributed by atoms with Crippen molar-refractivity contribution in [2.24, 2.45) is 11.3 Å². The van der Waals surface area contributed by atoms with Gasteiger partial charge in [-0.05, 0) is 124 Å². The van der Waals surface area contributed by atoms with Crippen LogP contribution >= 0.6 is 0 Å². The highest BCUT2D eigenvalue weighted by Crippen LogP contribution is 2.54. The zero-order chi connectivity index (χ0) is 47.5. The summed E-state index contributed by atoms with van der Waals surface area (Å²) in [4.78, 5) is 44.6. The fraction of sp³-hybridized carbons (Fsp3) is 0.460. The molecule has 4 fully saturated rings. The molecule has 1 atom stereocenters. The van der Waals surface area contributed by atoms with E-state index in [1.165, 1.54) is 54.8 Å². The lowest BCUT2D eigenvalue weighted by atomic mass is 9.59. The molecular weight excluding hydrogens is 890 g/mol. The average molecular weight is 948 g/mol. The van der Waals surface area contributed by atoms with Gasteiger partial charge in [-0.25, -0.2) is 27.5 Å². The molecule has 4 aliphatic rings. The number of nitro groups is 1. The molecular formula is C50H58FN9O7S. The number of H-pyrrole nitrogens is 2. The lowest BCUT2D eigenvalue weighted by molar-refractivity contribution is -0.384. The highest BCUT2D eigenvalue weighted by Gasteiger charge is 2.50. The molecule has 18 heteroatoms. The number of likely N-dealkylation sites (tertiary alicyclic amines) is 1. The number of ether oxygens (including phenoxy) is 1.